The van der Waals surface area contributed by atoms with E-state index in [1.54, 1.807) is 12.1 Å². The van der Waals surface area contributed by atoms with Crippen LogP contribution in [-0.2, 0) is 6.42 Å². The minimum atomic E-state index is -0.561. The average molecular weight is 221 g/mol. The maximum atomic E-state index is 9.26. The van der Waals surface area contributed by atoms with Crippen molar-refractivity contribution < 1.29 is 5.11 Å². The highest BCUT2D eigenvalue weighted by Crippen LogP contribution is 2.15. The van der Waals surface area contributed by atoms with Crippen LogP contribution in [0.5, 0.6) is 0 Å². The van der Waals surface area contributed by atoms with Gasteiger partial charge in [0.05, 0.1) is 6.10 Å². The first-order valence-electron chi connectivity index (χ1n) is 3.82. The Hall–Kier alpha value is -0.350. The van der Waals surface area contributed by atoms with Gasteiger partial charge in [-0.15, -0.1) is 0 Å². The Kier molecular flexibility index (Phi) is 3.93. The molecule has 72 valence electrons. The Morgan fingerprint density at radius 2 is 1.92 bits per heavy atom. The Morgan fingerprint density at radius 1 is 1.38 bits per heavy atom. The number of hydrogen-bond donors (Lipinski definition) is 2. The van der Waals surface area contributed by atoms with Crippen molar-refractivity contribution in [1.82, 2.24) is 4.98 Å². The number of aliphatic hydroxyl groups is 1. The first kappa shape index (κ1) is 10.7. The lowest BCUT2D eigenvalue weighted by Crippen LogP contribution is -2.21. The van der Waals surface area contributed by atoms with Crippen LogP contribution in [0.25, 0.3) is 0 Å². The minimum absolute atomic E-state index is 0.220. The van der Waals surface area contributed by atoms with E-state index >= 15 is 0 Å². The third-order valence-electron chi connectivity index (χ3n) is 1.57. The van der Waals surface area contributed by atoms with Crippen LogP contribution >= 0.6 is 23.2 Å². The molecule has 3 nitrogen and oxygen atoms in total. The molecular weight excluding hydrogens is 211 g/mol. The molecule has 0 bridgehead atoms. The van der Waals surface area contributed by atoms with E-state index in [4.69, 9.17) is 28.9 Å². The predicted molar refractivity (Wildman–Crippen MR) is 53.0 cm³/mol. The zero-order valence-electron chi connectivity index (χ0n) is 6.87. The van der Waals surface area contributed by atoms with Gasteiger partial charge in [0.1, 0.15) is 10.3 Å². The summed E-state index contributed by atoms with van der Waals surface area (Å²) < 4.78 is 0. The summed E-state index contributed by atoms with van der Waals surface area (Å²) in [5.74, 6) is 0. The number of rotatable bonds is 3. The molecule has 0 aromatic carbocycles. The van der Waals surface area contributed by atoms with Crippen molar-refractivity contribution in [3.63, 3.8) is 0 Å². The second kappa shape index (κ2) is 4.77. The molecule has 0 saturated heterocycles. The van der Waals surface area contributed by atoms with Gasteiger partial charge in [-0.3, -0.25) is 0 Å². The fraction of sp³-hybridized carbons (Fsp3) is 0.375. The second-order valence-corrected chi connectivity index (χ2v) is 3.49. The Morgan fingerprint density at radius 3 is 2.38 bits per heavy atom. The summed E-state index contributed by atoms with van der Waals surface area (Å²) in [5.41, 5.74) is 6.10. The van der Waals surface area contributed by atoms with E-state index < -0.39 is 6.10 Å². The third kappa shape index (κ3) is 3.48. The number of hydrogen-bond acceptors (Lipinski definition) is 3. The molecule has 5 heteroatoms. The van der Waals surface area contributed by atoms with Crippen molar-refractivity contribution in [2.75, 3.05) is 6.54 Å². The molecule has 1 aromatic rings. The van der Waals surface area contributed by atoms with Crippen molar-refractivity contribution >= 4 is 23.2 Å². The fourth-order valence-electron chi connectivity index (χ4n) is 0.987. The molecule has 0 fully saturated rings. The van der Waals surface area contributed by atoms with Crippen molar-refractivity contribution in [3.05, 3.63) is 28.0 Å². The average Bonchev–Trinajstić information content (AvgIpc) is 2.02. The van der Waals surface area contributed by atoms with Gasteiger partial charge in [0, 0.05) is 6.54 Å². The number of aliphatic hydroxyl groups excluding tert-OH is 1. The van der Waals surface area contributed by atoms with Crippen LogP contribution < -0.4 is 5.73 Å². The number of halogens is 2. The largest absolute Gasteiger partial charge is 0.391 e. The highest BCUT2D eigenvalue weighted by atomic mass is 35.5. The van der Waals surface area contributed by atoms with Crippen molar-refractivity contribution in [2.45, 2.75) is 12.5 Å². The normalized spacial score (nSPS) is 12.9. The van der Waals surface area contributed by atoms with E-state index in [1.165, 1.54) is 0 Å². The van der Waals surface area contributed by atoms with Crippen LogP contribution in [0.2, 0.25) is 10.3 Å². The van der Waals surface area contributed by atoms with Gasteiger partial charge in [0.15, 0.2) is 0 Å². The summed E-state index contributed by atoms with van der Waals surface area (Å²) >= 11 is 11.3. The van der Waals surface area contributed by atoms with Crippen LogP contribution in [0.3, 0.4) is 0 Å². The molecule has 0 spiro atoms. The number of nitrogens with zero attached hydrogens (tertiary/aromatic N) is 1. The third-order valence-corrected chi connectivity index (χ3v) is 1.95. The molecule has 0 radical (unpaired) electrons. The maximum Gasteiger partial charge on any atom is 0.131 e. The zero-order chi connectivity index (χ0) is 9.84. The van der Waals surface area contributed by atoms with Crippen LogP contribution in [0.1, 0.15) is 5.56 Å². The van der Waals surface area contributed by atoms with Gasteiger partial charge in [-0.05, 0) is 24.1 Å². The molecule has 0 saturated carbocycles. The molecule has 1 atom stereocenters. The first-order chi connectivity index (χ1) is 6.11. The number of nitrogens with two attached hydrogens (primary N) is 1. The first-order valence-corrected chi connectivity index (χ1v) is 4.57. The van der Waals surface area contributed by atoms with Gasteiger partial charge < -0.3 is 10.8 Å². The summed E-state index contributed by atoms with van der Waals surface area (Å²) in [4.78, 5) is 3.79. The second-order valence-electron chi connectivity index (χ2n) is 2.71. The Bertz CT molecular complexity index is 273. The van der Waals surface area contributed by atoms with Crippen molar-refractivity contribution in [1.29, 1.82) is 0 Å². The summed E-state index contributed by atoms with van der Waals surface area (Å²) in [6.07, 6.45) is -0.118. The smallest absolute Gasteiger partial charge is 0.131 e. The fourth-order valence-corrected chi connectivity index (χ4v) is 1.49. The Balaban J connectivity index is 2.77. The van der Waals surface area contributed by atoms with E-state index in [-0.39, 0.29) is 6.54 Å². The standard InChI is InChI=1S/C8H10Cl2N2O/c9-7-2-5(1-6(13)4-11)3-8(10)12-7/h2-3,6,13H,1,4,11H2. The summed E-state index contributed by atoms with van der Waals surface area (Å²) in [5, 5.41) is 9.91. The van der Waals surface area contributed by atoms with Crippen LogP contribution in [0.15, 0.2) is 12.1 Å². The quantitative estimate of drug-likeness (QED) is 0.755. The zero-order valence-corrected chi connectivity index (χ0v) is 8.39. The van der Waals surface area contributed by atoms with Gasteiger partial charge in [-0.2, -0.15) is 0 Å². The molecule has 1 rings (SSSR count). The molecule has 1 aromatic heterocycles. The number of pyridine rings is 1. The van der Waals surface area contributed by atoms with E-state index in [2.05, 4.69) is 4.98 Å². The molecule has 0 amide bonds. The van der Waals surface area contributed by atoms with Gasteiger partial charge in [-0.25, -0.2) is 4.98 Å². The molecule has 1 heterocycles. The summed E-state index contributed by atoms with van der Waals surface area (Å²) in [7, 11) is 0. The minimum Gasteiger partial charge on any atom is -0.391 e. The molecule has 13 heavy (non-hydrogen) atoms. The molecule has 0 aliphatic carbocycles. The van der Waals surface area contributed by atoms with Crippen LogP contribution in [0.4, 0.5) is 0 Å². The van der Waals surface area contributed by atoms with Crippen molar-refractivity contribution in [2.24, 2.45) is 5.73 Å². The molecule has 0 aliphatic rings. The monoisotopic (exact) mass is 220 g/mol. The van der Waals surface area contributed by atoms with E-state index in [0.29, 0.717) is 16.7 Å². The van der Waals surface area contributed by atoms with Gasteiger partial charge in [0.25, 0.3) is 0 Å². The van der Waals surface area contributed by atoms with Gasteiger partial charge in [-0.1, -0.05) is 23.2 Å². The highest BCUT2D eigenvalue weighted by Gasteiger charge is 2.05. The highest BCUT2D eigenvalue weighted by molar-refractivity contribution is 6.32. The van der Waals surface area contributed by atoms with Crippen LogP contribution in [0, 0.1) is 0 Å². The maximum absolute atomic E-state index is 9.26. The molecule has 1 unspecified atom stereocenters. The lowest BCUT2D eigenvalue weighted by atomic mass is 10.1. The predicted octanol–water partition coefficient (Wildman–Crippen LogP) is 1.25. The van der Waals surface area contributed by atoms with Gasteiger partial charge >= 0.3 is 0 Å². The lowest BCUT2D eigenvalue weighted by molar-refractivity contribution is 0.183. The molecular formula is C8H10Cl2N2O. The van der Waals surface area contributed by atoms with Crippen molar-refractivity contribution in [3.8, 4) is 0 Å². The number of aromatic nitrogens is 1. The van der Waals surface area contributed by atoms with E-state index in [9.17, 15) is 5.11 Å². The summed E-state index contributed by atoms with van der Waals surface area (Å²) in [6, 6.07) is 3.32. The molecule has 3 N–H and O–H groups in total. The van der Waals surface area contributed by atoms with Crippen LogP contribution in [-0.4, -0.2) is 22.7 Å². The lowest BCUT2D eigenvalue weighted by Gasteiger charge is -2.07. The Labute approximate surface area is 86.5 Å². The van der Waals surface area contributed by atoms with E-state index in [0.717, 1.165) is 5.56 Å². The molecule has 0 aliphatic heterocycles. The van der Waals surface area contributed by atoms with E-state index in [1.807, 2.05) is 0 Å². The van der Waals surface area contributed by atoms with Gasteiger partial charge in [0.2, 0.25) is 0 Å². The summed E-state index contributed by atoms with van der Waals surface area (Å²) in [6.45, 7) is 0.220. The topological polar surface area (TPSA) is 59.1 Å². The SMILES string of the molecule is NCC(O)Cc1cc(Cl)nc(Cl)c1.